The van der Waals surface area contributed by atoms with Gasteiger partial charge in [0.2, 0.25) is 5.88 Å². The van der Waals surface area contributed by atoms with Gasteiger partial charge in [-0.05, 0) is 57.5 Å². The maximum absolute atomic E-state index is 13.1. The third-order valence-corrected chi connectivity index (χ3v) is 8.44. The number of halogens is 2. The van der Waals surface area contributed by atoms with Gasteiger partial charge < -0.3 is 30.1 Å². The molecule has 1 unspecified atom stereocenters. The molecule has 5 rings (SSSR count). The van der Waals surface area contributed by atoms with Crippen LogP contribution in [0.15, 0.2) is 60.8 Å². The van der Waals surface area contributed by atoms with E-state index >= 15 is 0 Å². The van der Waals surface area contributed by atoms with Gasteiger partial charge in [0, 0.05) is 72.3 Å². The minimum Gasteiger partial charge on any atom is -0.481 e. The highest BCUT2D eigenvalue weighted by molar-refractivity contribution is 6.39. The van der Waals surface area contributed by atoms with Crippen LogP contribution < -0.4 is 15.4 Å². The number of nitrogens with one attached hydrogen (secondary N) is 2. The first-order valence-electron chi connectivity index (χ1n) is 15.6. The Morgan fingerprint density at radius 3 is 2.52 bits per heavy atom. The number of nitrogens with zero attached hydrogens (tertiary/aromatic N) is 3. The van der Waals surface area contributed by atoms with E-state index in [0.717, 1.165) is 16.7 Å². The van der Waals surface area contributed by atoms with E-state index in [2.05, 4.69) is 15.6 Å². The fourth-order valence-corrected chi connectivity index (χ4v) is 6.10. The van der Waals surface area contributed by atoms with Crippen molar-refractivity contribution in [3.8, 4) is 39.5 Å². The molecular formula is C36H39Cl2N5O5. The summed E-state index contributed by atoms with van der Waals surface area (Å²) >= 11 is 14.1. The summed E-state index contributed by atoms with van der Waals surface area (Å²) in [5.41, 5.74) is 5.79. The number of aromatic nitrogens is 2. The highest BCUT2D eigenvalue weighted by atomic mass is 35.5. The molecule has 0 bridgehead atoms. The third-order valence-electron chi connectivity index (χ3n) is 7.65. The number of amides is 2. The molecule has 0 fully saturated rings. The van der Waals surface area contributed by atoms with Crippen LogP contribution >= 0.6 is 23.2 Å². The fourth-order valence-electron chi connectivity index (χ4n) is 5.45. The van der Waals surface area contributed by atoms with Gasteiger partial charge in [0.05, 0.1) is 34.6 Å². The van der Waals surface area contributed by atoms with E-state index in [0.29, 0.717) is 75.7 Å². The van der Waals surface area contributed by atoms with Crippen molar-refractivity contribution >= 4 is 35.2 Å². The lowest BCUT2D eigenvalue weighted by atomic mass is 9.98. The van der Waals surface area contributed by atoms with Crippen LogP contribution in [-0.4, -0.2) is 70.4 Å². The Kier molecular flexibility index (Phi) is 10.9. The molecule has 4 aromatic rings. The van der Waals surface area contributed by atoms with Crippen LogP contribution in [0.25, 0.3) is 33.6 Å². The monoisotopic (exact) mass is 691 g/mol. The average molecular weight is 693 g/mol. The Labute approximate surface area is 290 Å². The van der Waals surface area contributed by atoms with E-state index < -0.39 is 17.8 Å². The Balaban J connectivity index is 1.36. The van der Waals surface area contributed by atoms with Crippen molar-refractivity contribution in [3.63, 3.8) is 0 Å². The van der Waals surface area contributed by atoms with Crippen LogP contribution in [0.5, 0.6) is 5.88 Å². The van der Waals surface area contributed by atoms with Crippen molar-refractivity contribution in [3.05, 3.63) is 87.5 Å². The number of carbonyl (C=O) groups excluding carboxylic acids is 2. The van der Waals surface area contributed by atoms with Gasteiger partial charge in [0.25, 0.3) is 5.91 Å². The molecule has 12 heteroatoms. The van der Waals surface area contributed by atoms with Crippen LogP contribution in [0.4, 0.5) is 4.79 Å². The number of ether oxygens (including phenoxy) is 2. The van der Waals surface area contributed by atoms with Gasteiger partial charge in [-0.25, -0.2) is 9.78 Å². The minimum absolute atomic E-state index is 0.103. The number of alkyl carbamates (subject to hydrolysis) is 1. The number of aliphatic hydroxyl groups excluding tert-OH is 1. The first-order valence-corrected chi connectivity index (χ1v) is 16.4. The summed E-state index contributed by atoms with van der Waals surface area (Å²) in [6, 6.07) is 16.9. The van der Waals surface area contributed by atoms with Crippen LogP contribution in [-0.2, 0) is 17.8 Å². The molecule has 3 heterocycles. The number of carbonyl (C=O) groups is 2. The largest absolute Gasteiger partial charge is 0.481 e. The van der Waals surface area contributed by atoms with Gasteiger partial charge in [0.15, 0.2) is 0 Å². The molecule has 0 saturated heterocycles. The highest BCUT2D eigenvalue weighted by Gasteiger charge is 2.28. The Hall–Kier alpha value is -4.22. The molecule has 2 aromatic heterocycles. The van der Waals surface area contributed by atoms with Crippen LogP contribution in [0, 0.1) is 0 Å². The number of fused-ring (bicyclic) bond motifs is 1. The van der Waals surface area contributed by atoms with E-state index in [1.54, 1.807) is 52.0 Å². The number of benzene rings is 2. The van der Waals surface area contributed by atoms with Crippen LogP contribution in [0.3, 0.4) is 0 Å². The molecule has 2 aromatic carbocycles. The van der Waals surface area contributed by atoms with E-state index in [4.69, 9.17) is 37.7 Å². The van der Waals surface area contributed by atoms with Gasteiger partial charge in [-0.2, -0.15) is 0 Å². The number of pyridine rings is 2. The highest BCUT2D eigenvalue weighted by Crippen LogP contribution is 2.42. The Bertz CT molecular complexity index is 1830. The van der Waals surface area contributed by atoms with Crippen molar-refractivity contribution in [1.29, 1.82) is 0 Å². The number of methoxy groups -OCH3 is 1. The normalized spacial score (nSPS) is 13.3. The molecule has 10 nitrogen and oxygen atoms in total. The Morgan fingerprint density at radius 2 is 1.79 bits per heavy atom. The first-order chi connectivity index (χ1) is 22.9. The predicted molar refractivity (Wildman–Crippen MR) is 187 cm³/mol. The van der Waals surface area contributed by atoms with Crippen molar-refractivity contribution in [2.75, 3.05) is 26.7 Å². The number of hydrogen-bond acceptors (Lipinski definition) is 8. The van der Waals surface area contributed by atoms with Gasteiger partial charge in [-0.3, -0.25) is 9.78 Å². The summed E-state index contributed by atoms with van der Waals surface area (Å²) in [5.74, 6) is 0.359. The zero-order chi connectivity index (χ0) is 34.6. The Morgan fingerprint density at radius 1 is 1.04 bits per heavy atom. The fraction of sp³-hybridized carbons (Fsp3) is 0.333. The third kappa shape index (κ3) is 8.07. The summed E-state index contributed by atoms with van der Waals surface area (Å²) < 4.78 is 10.8. The number of aliphatic hydroxyl groups is 1. The van der Waals surface area contributed by atoms with Crippen molar-refractivity contribution in [2.45, 2.75) is 52.5 Å². The lowest BCUT2D eigenvalue weighted by Crippen LogP contribution is -2.38. The SMILES string of the molecule is COc1nc(-c2cccc(-c3ccnc(-c4ccc5c(c4)CN(CCNC(=O)OC(C)(C)C)C5=O)c3Cl)c2Cl)ccc1CNCC(C)O. The lowest BCUT2D eigenvalue weighted by Gasteiger charge is -2.21. The second kappa shape index (κ2) is 14.9. The summed E-state index contributed by atoms with van der Waals surface area (Å²) in [6.07, 6.45) is 0.698. The topological polar surface area (TPSA) is 126 Å². The molecule has 2 amide bonds. The van der Waals surface area contributed by atoms with E-state index in [-0.39, 0.29) is 12.5 Å². The quantitative estimate of drug-likeness (QED) is 0.158. The number of rotatable bonds is 11. The summed E-state index contributed by atoms with van der Waals surface area (Å²) in [6.45, 7) is 9.06. The summed E-state index contributed by atoms with van der Waals surface area (Å²) in [4.78, 5) is 36.1. The van der Waals surface area contributed by atoms with E-state index in [1.807, 2.05) is 48.5 Å². The molecule has 1 aliphatic heterocycles. The smallest absolute Gasteiger partial charge is 0.407 e. The molecule has 252 valence electrons. The minimum atomic E-state index is -0.600. The van der Waals surface area contributed by atoms with Crippen molar-refractivity contribution < 1.29 is 24.2 Å². The molecule has 0 radical (unpaired) electrons. The summed E-state index contributed by atoms with van der Waals surface area (Å²) in [5, 5.41) is 16.3. The van der Waals surface area contributed by atoms with Gasteiger partial charge in [-0.15, -0.1) is 0 Å². The zero-order valence-corrected chi connectivity index (χ0v) is 29.1. The standard InChI is InChI=1S/C36H39Cl2N5O5/c1-21(44)18-39-19-23-10-12-29(42-33(23)47-5)28-8-6-7-26(30(28)37)27-13-14-40-32(31(27)38)22-9-11-25-24(17-22)20-43(34(25)45)16-15-41-35(46)48-36(2,3)4/h6-14,17,21,39,44H,15-16,18-20H2,1-5H3,(H,41,46). The molecule has 48 heavy (non-hydrogen) atoms. The van der Waals surface area contributed by atoms with E-state index in [9.17, 15) is 14.7 Å². The summed E-state index contributed by atoms with van der Waals surface area (Å²) in [7, 11) is 1.57. The number of hydrogen-bond donors (Lipinski definition) is 3. The van der Waals surface area contributed by atoms with Gasteiger partial charge in [0.1, 0.15) is 5.60 Å². The van der Waals surface area contributed by atoms with Crippen molar-refractivity contribution in [2.24, 2.45) is 0 Å². The molecule has 3 N–H and O–H groups in total. The second-order valence-corrected chi connectivity index (χ2v) is 13.3. The zero-order valence-electron chi connectivity index (χ0n) is 27.6. The van der Waals surface area contributed by atoms with Crippen LogP contribution in [0.1, 0.15) is 49.2 Å². The maximum atomic E-state index is 13.1. The molecule has 0 aliphatic carbocycles. The molecular weight excluding hydrogens is 653 g/mol. The lowest BCUT2D eigenvalue weighted by molar-refractivity contribution is 0.0515. The molecule has 0 saturated carbocycles. The van der Waals surface area contributed by atoms with E-state index in [1.165, 1.54) is 0 Å². The molecule has 1 aliphatic rings. The maximum Gasteiger partial charge on any atom is 0.407 e. The van der Waals surface area contributed by atoms with Crippen molar-refractivity contribution in [1.82, 2.24) is 25.5 Å². The second-order valence-electron chi connectivity index (χ2n) is 12.6. The average Bonchev–Trinajstić information content (AvgIpc) is 3.34. The van der Waals surface area contributed by atoms with Gasteiger partial charge >= 0.3 is 6.09 Å². The predicted octanol–water partition coefficient (Wildman–Crippen LogP) is 6.74. The molecule has 0 spiro atoms. The first kappa shape index (κ1) is 35.1. The van der Waals surface area contributed by atoms with Crippen LogP contribution in [0.2, 0.25) is 10.0 Å². The van der Waals surface area contributed by atoms with Gasteiger partial charge in [-0.1, -0.05) is 53.5 Å². The molecule has 1 atom stereocenters.